The van der Waals surface area contributed by atoms with Crippen molar-refractivity contribution in [3.8, 4) is 11.4 Å². The molecule has 0 spiro atoms. The SMILES string of the molecule is Cn1c(SCC(=O)N/N=C/c2ccccc2Cl)nnc1-c1cccc(Br)c1. The lowest BCUT2D eigenvalue weighted by molar-refractivity contribution is -0.118. The van der Waals surface area contributed by atoms with Gasteiger partial charge in [-0.3, -0.25) is 4.79 Å². The smallest absolute Gasteiger partial charge is 0.250 e. The minimum atomic E-state index is -0.240. The van der Waals surface area contributed by atoms with Crippen LogP contribution in [0.25, 0.3) is 11.4 Å². The van der Waals surface area contributed by atoms with Crippen LogP contribution in [-0.4, -0.2) is 32.6 Å². The number of nitrogens with one attached hydrogen (secondary N) is 1. The Bertz CT molecular complexity index is 991. The summed E-state index contributed by atoms with van der Waals surface area (Å²) in [4.78, 5) is 12.0. The van der Waals surface area contributed by atoms with Gasteiger partial charge < -0.3 is 4.57 Å². The van der Waals surface area contributed by atoms with Crippen LogP contribution in [0.1, 0.15) is 5.56 Å². The summed E-state index contributed by atoms with van der Waals surface area (Å²) >= 11 is 10.8. The minimum absolute atomic E-state index is 0.171. The molecular weight excluding hydrogens is 450 g/mol. The molecule has 0 radical (unpaired) electrons. The lowest BCUT2D eigenvalue weighted by Gasteiger charge is -2.04. The van der Waals surface area contributed by atoms with Crippen molar-refractivity contribution in [2.45, 2.75) is 5.16 Å². The molecule has 0 unspecified atom stereocenters. The summed E-state index contributed by atoms with van der Waals surface area (Å²) in [5.74, 6) is 0.663. The lowest BCUT2D eigenvalue weighted by atomic mass is 10.2. The monoisotopic (exact) mass is 463 g/mol. The van der Waals surface area contributed by atoms with Crippen molar-refractivity contribution < 1.29 is 4.79 Å². The summed E-state index contributed by atoms with van der Waals surface area (Å²) < 4.78 is 2.82. The van der Waals surface area contributed by atoms with E-state index in [1.54, 1.807) is 6.07 Å². The molecule has 6 nitrogen and oxygen atoms in total. The second-order valence-electron chi connectivity index (χ2n) is 5.48. The fraction of sp³-hybridized carbons (Fsp3) is 0.111. The number of benzene rings is 2. The largest absolute Gasteiger partial charge is 0.305 e. The Labute approximate surface area is 174 Å². The number of rotatable bonds is 6. The summed E-state index contributed by atoms with van der Waals surface area (Å²) in [6.45, 7) is 0. The molecule has 2 aromatic carbocycles. The van der Waals surface area contributed by atoms with E-state index in [0.717, 1.165) is 21.4 Å². The van der Waals surface area contributed by atoms with Crippen LogP contribution in [0.2, 0.25) is 5.02 Å². The predicted molar refractivity (Wildman–Crippen MR) is 112 cm³/mol. The third-order valence-corrected chi connectivity index (χ3v) is 5.41. The molecule has 0 fully saturated rings. The van der Waals surface area contributed by atoms with Crippen LogP contribution >= 0.6 is 39.3 Å². The first-order chi connectivity index (χ1) is 13.0. The zero-order valence-corrected chi connectivity index (χ0v) is 17.4. The van der Waals surface area contributed by atoms with Crippen LogP contribution in [0.3, 0.4) is 0 Å². The third kappa shape index (κ3) is 5.18. The molecule has 27 heavy (non-hydrogen) atoms. The Morgan fingerprint density at radius 3 is 2.89 bits per heavy atom. The standard InChI is InChI=1S/C18H15BrClN5OS/c1-25-17(12-6-4-7-14(19)9-12)23-24-18(25)27-11-16(26)22-21-10-13-5-2-3-8-15(13)20/h2-10H,11H2,1H3,(H,22,26)/b21-10+. The number of amides is 1. The van der Waals surface area contributed by atoms with Gasteiger partial charge in [-0.05, 0) is 18.2 Å². The highest BCUT2D eigenvalue weighted by molar-refractivity contribution is 9.10. The molecule has 3 aromatic rings. The summed E-state index contributed by atoms with van der Waals surface area (Å²) in [6.07, 6.45) is 1.51. The maximum absolute atomic E-state index is 12.0. The molecule has 138 valence electrons. The zero-order chi connectivity index (χ0) is 19.2. The molecule has 0 aliphatic carbocycles. The average molecular weight is 465 g/mol. The summed E-state index contributed by atoms with van der Waals surface area (Å²) in [5, 5.41) is 13.5. The van der Waals surface area contributed by atoms with E-state index in [-0.39, 0.29) is 11.7 Å². The minimum Gasteiger partial charge on any atom is -0.305 e. The topological polar surface area (TPSA) is 72.2 Å². The van der Waals surface area contributed by atoms with Gasteiger partial charge in [0.25, 0.3) is 5.91 Å². The Morgan fingerprint density at radius 2 is 2.11 bits per heavy atom. The first-order valence-corrected chi connectivity index (χ1v) is 10.0. The second-order valence-corrected chi connectivity index (χ2v) is 7.74. The molecule has 0 bridgehead atoms. The molecule has 9 heteroatoms. The number of halogens is 2. The zero-order valence-electron chi connectivity index (χ0n) is 14.3. The number of hydrogen-bond acceptors (Lipinski definition) is 5. The fourth-order valence-electron chi connectivity index (χ4n) is 2.24. The van der Waals surface area contributed by atoms with Gasteiger partial charge in [-0.2, -0.15) is 5.10 Å². The van der Waals surface area contributed by atoms with Gasteiger partial charge in [0.1, 0.15) is 0 Å². The average Bonchev–Trinajstić information content (AvgIpc) is 3.02. The highest BCUT2D eigenvalue weighted by Gasteiger charge is 2.13. The van der Waals surface area contributed by atoms with E-state index in [4.69, 9.17) is 11.6 Å². The molecule has 1 amide bonds. The number of nitrogens with zero attached hydrogens (tertiary/aromatic N) is 4. The first kappa shape index (κ1) is 19.6. The van der Waals surface area contributed by atoms with Crippen LogP contribution < -0.4 is 5.43 Å². The van der Waals surface area contributed by atoms with E-state index < -0.39 is 0 Å². The Hall–Kier alpha value is -2.16. The van der Waals surface area contributed by atoms with Gasteiger partial charge in [0, 0.05) is 27.7 Å². The van der Waals surface area contributed by atoms with E-state index >= 15 is 0 Å². The van der Waals surface area contributed by atoms with Crippen molar-refractivity contribution in [1.82, 2.24) is 20.2 Å². The van der Waals surface area contributed by atoms with Gasteiger partial charge in [-0.1, -0.05) is 69.6 Å². The maximum atomic E-state index is 12.0. The highest BCUT2D eigenvalue weighted by Crippen LogP contribution is 2.24. The fourth-order valence-corrected chi connectivity index (χ4v) is 3.52. The molecule has 1 heterocycles. The number of aromatic nitrogens is 3. The molecular formula is C18H15BrClN5OS. The predicted octanol–water partition coefficient (Wildman–Crippen LogP) is 4.14. The molecule has 0 aliphatic rings. The molecule has 1 N–H and O–H groups in total. The molecule has 0 aliphatic heterocycles. The molecule has 1 aromatic heterocycles. The Balaban J connectivity index is 1.57. The van der Waals surface area contributed by atoms with E-state index in [9.17, 15) is 4.79 Å². The van der Waals surface area contributed by atoms with Gasteiger partial charge >= 0.3 is 0 Å². The Morgan fingerprint density at radius 1 is 1.30 bits per heavy atom. The maximum Gasteiger partial charge on any atom is 0.250 e. The van der Waals surface area contributed by atoms with E-state index in [1.807, 2.05) is 54.1 Å². The summed E-state index contributed by atoms with van der Waals surface area (Å²) in [6, 6.07) is 15.1. The molecule has 0 atom stereocenters. The molecule has 3 rings (SSSR count). The number of carbonyl (C=O) groups is 1. The number of hydrazone groups is 1. The number of hydrogen-bond donors (Lipinski definition) is 1. The van der Waals surface area contributed by atoms with Crippen LogP contribution in [-0.2, 0) is 11.8 Å². The van der Waals surface area contributed by atoms with Gasteiger partial charge in [0.05, 0.1) is 12.0 Å². The van der Waals surface area contributed by atoms with Gasteiger partial charge in [0.15, 0.2) is 11.0 Å². The molecule has 0 saturated heterocycles. The lowest BCUT2D eigenvalue weighted by Crippen LogP contribution is -2.19. The summed E-state index contributed by atoms with van der Waals surface area (Å²) in [7, 11) is 1.87. The van der Waals surface area contributed by atoms with Crippen molar-refractivity contribution in [2.75, 3.05) is 5.75 Å². The normalized spacial score (nSPS) is 11.1. The van der Waals surface area contributed by atoms with Gasteiger partial charge in [-0.25, -0.2) is 5.43 Å². The van der Waals surface area contributed by atoms with Crippen molar-refractivity contribution in [3.05, 3.63) is 63.6 Å². The van der Waals surface area contributed by atoms with Gasteiger partial charge in [-0.15, -0.1) is 10.2 Å². The Kier molecular flexibility index (Phi) is 6.65. The third-order valence-electron chi connectivity index (χ3n) is 3.55. The van der Waals surface area contributed by atoms with Crippen LogP contribution in [0.4, 0.5) is 0 Å². The van der Waals surface area contributed by atoms with Crippen LogP contribution in [0, 0.1) is 0 Å². The first-order valence-electron chi connectivity index (χ1n) is 7.89. The van der Waals surface area contributed by atoms with Crippen molar-refractivity contribution >= 4 is 51.4 Å². The van der Waals surface area contributed by atoms with Crippen molar-refractivity contribution in [1.29, 1.82) is 0 Å². The summed E-state index contributed by atoms with van der Waals surface area (Å²) in [5.41, 5.74) is 4.16. The van der Waals surface area contributed by atoms with E-state index in [2.05, 4.69) is 36.7 Å². The van der Waals surface area contributed by atoms with Crippen molar-refractivity contribution in [3.63, 3.8) is 0 Å². The van der Waals surface area contributed by atoms with Crippen LogP contribution in [0.5, 0.6) is 0 Å². The van der Waals surface area contributed by atoms with Crippen LogP contribution in [0.15, 0.2) is 63.3 Å². The van der Waals surface area contributed by atoms with Gasteiger partial charge in [0.2, 0.25) is 0 Å². The van der Waals surface area contributed by atoms with E-state index in [0.29, 0.717) is 10.2 Å². The highest BCUT2D eigenvalue weighted by atomic mass is 79.9. The van der Waals surface area contributed by atoms with Crippen molar-refractivity contribution in [2.24, 2.45) is 12.1 Å². The number of thioether (sulfide) groups is 1. The van der Waals surface area contributed by atoms with E-state index in [1.165, 1.54) is 18.0 Å². The molecule has 0 saturated carbocycles. The second kappa shape index (κ2) is 9.16. The number of carbonyl (C=O) groups excluding carboxylic acids is 1. The quantitative estimate of drug-likeness (QED) is 0.338.